The number of thioether (sulfide) groups is 1. The highest BCUT2D eigenvalue weighted by Crippen LogP contribution is 2.46. The van der Waals surface area contributed by atoms with Gasteiger partial charge in [0.15, 0.2) is 0 Å². The summed E-state index contributed by atoms with van der Waals surface area (Å²) in [5.41, 5.74) is 0.442. The van der Waals surface area contributed by atoms with Gasteiger partial charge in [0.1, 0.15) is 5.69 Å². The molecule has 6 heteroatoms. The second-order valence-corrected chi connectivity index (χ2v) is 7.84. The Morgan fingerprint density at radius 2 is 2.29 bits per heavy atom. The molecular weight excluding hydrogens is 286 g/mol. The normalized spacial score (nSPS) is 26.9. The van der Waals surface area contributed by atoms with E-state index in [-0.39, 0.29) is 10.7 Å². The largest absolute Gasteiger partial charge is 0.377 e. The molecule has 1 atom stereocenters. The molecule has 3 fully saturated rings. The number of rotatable bonds is 4. The number of likely N-dealkylation sites (tertiary alicyclic amines) is 1. The van der Waals surface area contributed by atoms with Crippen molar-refractivity contribution in [3.8, 4) is 0 Å². The van der Waals surface area contributed by atoms with Gasteiger partial charge < -0.3 is 9.64 Å². The Labute approximate surface area is 128 Å². The Kier molecular flexibility index (Phi) is 3.38. The van der Waals surface area contributed by atoms with Crippen LogP contribution < -0.4 is 0 Å². The summed E-state index contributed by atoms with van der Waals surface area (Å²) in [7, 11) is 0. The van der Waals surface area contributed by atoms with Crippen molar-refractivity contribution in [3.05, 3.63) is 24.3 Å². The molecule has 0 N–H and O–H groups in total. The van der Waals surface area contributed by atoms with E-state index in [4.69, 9.17) is 4.74 Å². The van der Waals surface area contributed by atoms with E-state index in [9.17, 15) is 4.79 Å². The standard InChI is InChI=1S/C15H19N3O2S/c19-14(13-6-16-3-4-17-13)18-9-15(10-18)5-12(8-21-15)20-7-11-1-2-11/h3-4,6,11-12H,1-2,5,7-10H2/t12-/m0/s1. The second-order valence-electron chi connectivity index (χ2n) is 6.35. The lowest BCUT2D eigenvalue weighted by molar-refractivity contribution is 0.0284. The molecule has 5 nitrogen and oxygen atoms in total. The van der Waals surface area contributed by atoms with Crippen LogP contribution in [0.5, 0.6) is 0 Å². The van der Waals surface area contributed by atoms with Gasteiger partial charge in [0.2, 0.25) is 0 Å². The number of hydrogen-bond acceptors (Lipinski definition) is 5. The van der Waals surface area contributed by atoms with Crippen LogP contribution in [0.25, 0.3) is 0 Å². The second kappa shape index (κ2) is 5.25. The van der Waals surface area contributed by atoms with E-state index < -0.39 is 0 Å². The zero-order valence-corrected chi connectivity index (χ0v) is 12.7. The highest BCUT2D eigenvalue weighted by atomic mass is 32.2. The molecule has 1 aromatic heterocycles. The Bertz CT molecular complexity index is 529. The van der Waals surface area contributed by atoms with E-state index >= 15 is 0 Å². The van der Waals surface area contributed by atoms with Gasteiger partial charge in [0.05, 0.1) is 17.0 Å². The highest BCUT2D eigenvalue weighted by Gasteiger charge is 2.51. The first kappa shape index (κ1) is 13.5. The zero-order valence-electron chi connectivity index (χ0n) is 11.9. The monoisotopic (exact) mass is 305 g/mol. The molecule has 1 aromatic rings. The van der Waals surface area contributed by atoms with Gasteiger partial charge in [-0.1, -0.05) is 0 Å². The SMILES string of the molecule is O=C(c1cnccn1)N1CC2(C[C@H](OCC3CC3)CS2)C1. The number of hydrogen-bond donors (Lipinski definition) is 0. The zero-order chi connectivity index (χ0) is 14.3. The molecular formula is C15H19N3O2S. The number of amides is 1. The molecule has 1 aliphatic carbocycles. The maximum Gasteiger partial charge on any atom is 0.274 e. The predicted octanol–water partition coefficient (Wildman–Crippen LogP) is 1.60. The van der Waals surface area contributed by atoms with Crippen LogP contribution in [0.4, 0.5) is 0 Å². The molecule has 4 rings (SSSR count). The fourth-order valence-electron chi connectivity index (χ4n) is 3.05. The van der Waals surface area contributed by atoms with Crippen LogP contribution >= 0.6 is 11.8 Å². The highest BCUT2D eigenvalue weighted by molar-refractivity contribution is 8.01. The van der Waals surface area contributed by atoms with E-state index in [1.54, 1.807) is 12.4 Å². The van der Waals surface area contributed by atoms with Crippen LogP contribution in [0, 0.1) is 5.92 Å². The van der Waals surface area contributed by atoms with Gasteiger partial charge in [0, 0.05) is 37.8 Å². The van der Waals surface area contributed by atoms with Crippen molar-refractivity contribution in [1.29, 1.82) is 0 Å². The van der Waals surface area contributed by atoms with Crippen molar-refractivity contribution in [1.82, 2.24) is 14.9 Å². The molecule has 3 heterocycles. The van der Waals surface area contributed by atoms with Gasteiger partial charge in [-0.05, 0) is 25.2 Å². The van der Waals surface area contributed by atoms with Crippen molar-refractivity contribution >= 4 is 17.7 Å². The minimum Gasteiger partial charge on any atom is -0.377 e. The maximum absolute atomic E-state index is 12.3. The number of ether oxygens (including phenoxy) is 1. The predicted molar refractivity (Wildman–Crippen MR) is 80.2 cm³/mol. The van der Waals surface area contributed by atoms with Crippen molar-refractivity contribution in [2.45, 2.75) is 30.1 Å². The van der Waals surface area contributed by atoms with Crippen molar-refractivity contribution in [3.63, 3.8) is 0 Å². The Morgan fingerprint density at radius 1 is 1.43 bits per heavy atom. The molecule has 1 amide bonds. The summed E-state index contributed by atoms with van der Waals surface area (Å²) in [6.45, 7) is 2.57. The summed E-state index contributed by atoms with van der Waals surface area (Å²) in [6.07, 6.45) is 8.82. The first-order valence-electron chi connectivity index (χ1n) is 7.55. The Morgan fingerprint density at radius 3 is 3.00 bits per heavy atom. The number of carbonyl (C=O) groups is 1. The summed E-state index contributed by atoms with van der Waals surface area (Å²) in [4.78, 5) is 22.2. The van der Waals surface area contributed by atoms with Gasteiger partial charge in [-0.25, -0.2) is 4.98 Å². The van der Waals surface area contributed by atoms with Crippen LogP contribution in [0.2, 0.25) is 0 Å². The lowest BCUT2D eigenvalue weighted by Gasteiger charge is -2.47. The first-order valence-corrected chi connectivity index (χ1v) is 8.54. The summed E-state index contributed by atoms with van der Waals surface area (Å²) in [6, 6.07) is 0. The molecule has 3 aliphatic rings. The molecule has 1 spiro atoms. The lowest BCUT2D eigenvalue weighted by atomic mass is 9.92. The van der Waals surface area contributed by atoms with Crippen molar-refractivity contribution in [2.24, 2.45) is 5.92 Å². The summed E-state index contributed by atoms with van der Waals surface area (Å²) in [5.74, 6) is 1.89. The summed E-state index contributed by atoms with van der Waals surface area (Å²) < 4.78 is 6.22. The molecule has 1 saturated carbocycles. The van der Waals surface area contributed by atoms with Crippen molar-refractivity contribution in [2.75, 3.05) is 25.4 Å². The summed E-state index contributed by atoms with van der Waals surface area (Å²) >= 11 is 1.97. The Balaban J connectivity index is 1.29. The van der Waals surface area contributed by atoms with Gasteiger partial charge in [-0.2, -0.15) is 0 Å². The molecule has 0 bridgehead atoms. The van der Waals surface area contributed by atoms with Gasteiger partial charge in [0.25, 0.3) is 5.91 Å². The molecule has 0 unspecified atom stereocenters. The van der Waals surface area contributed by atoms with E-state index in [2.05, 4.69) is 9.97 Å². The molecule has 112 valence electrons. The van der Waals surface area contributed by atoms with Crippen LogP contribution in [0.3, 0.4) is 0 Å². The average Bonchev–Trinajstić information content (AvgIpc) is 3.22. The van der Waals surface area contributed by atoms with E-state index in [0.717, 1.165) is 37.8 Å². The molecule has 0 aromatic carbocycles. The fourth-order valence-corrected chi connectivity index (χ4v) is 4.60. The smallest absolute Gasteiger partial charge is 0.274 e. The average molecular weight is 305 g/mol. The third kappa shape index (κ3) is 2.79. The van der Waals surface area contributed by atoms with Crippen LogP contribution in [-0.2, 0) is 4.74 Å². The van der Waals surface area contributed by atoms with Crippen LogP contribution in [0.15, 0.2) is 18.6 Å². The van der Waals surface area contributed by atoms with Crippen LogP contribution in [0.1, 0.15) is 29.8 Å². The van der Waals surface area contributed by atoms with Crippen molar-refractivity contribution < 1.29 is 9.53 Å². The quantitative estimate of drug-likeness (QED) is 0.846. The minimum atomic E-state index is -0.00308. The molecule has 0 radical (unpaired) electrons. The minimum absolute atomic E-state index is 0.00308. The van der Waals surface area contributed by atoms with Crippen LogP contribution in [-0.4, -0.2) is 57.1 Å². The van der Waals surface area contributed by atoms with E-state index in [1.165, 1.54) is 19.0 Å². The Hall–Kier alpha value is -1.14. The topological polar surface area (TPSA) is 55.3 Å². The molecule has 2 aliphatic heterocycles. The lowest BCUT2D eigenvalue weighted by Crippen LogP contribution is -2.60. The van der Waals surface area contributed by atoms with Gasteiger partial charge in [-0.15, -0.1) is 11.8 Å². The number of carbonyl (C=O) groups excluding carboxylic acids is 1. The summed E-state index contributed by atoms with van der Waals surface area (Å²) in [5, 5.41) is 0. The number of aromatic nitrogens is 2. The molecule has 2 saturated heterocycles. The fraction of sp³-hybridized carbons (Fsp3) is 0.667. The van der Waals surface area contributed by atoms with Gasteiger partial charge in [-0.3, -0.25) is 9.78 Å². The van der Waals surface area contributed by atoms with E-state index in [0.29, 0.717) is 11.8 Å². The van der Waals surface area contributed by atoms with Gasteiger partial charge >= 0.3 is 0 Å². The third-order valence-corrected chi connectivity index (χ3v) is 6.04. The molecule has 21 heavy (non-hydrogen) atoms. The van der Waals surface area contributed by atoms with E-state index in [1.807, 2.05) is 16.7 Å². The maximum atomic E-state index is 12.3. The first-order chi connectivity index (χ1) is 10.2. The number of nitrogens with zero attached hydrogens (tertiary/aromatic N) is 3. The third-order valence-electron chi connectivity index (χ3n) is 4.47.